The van der Waals surface area contributed by atoms with Crippen LogP contribution in [0.4, 0.5) is 0 Å². The smallest absolute Gasteiger partial charge is 0.160 e. The number of likely N-dealkylation sites (tertiary alicyclic amines) is 1. The van der Waals surface area contributed by atoms with Crippen LogP contribution in [0.1, 0.15) is 25.7 Å². The highest BCUT2D eigenvalue weighted by molar-refractivity contribution is 5.82. The van der Waals surface area contributed by atoms with Crippen molar-refractivity contribution in [3.8, 4) is 6.07 Å². The molecular weight excluding hydrogens is 214 g/mol. The van der Waals surface area contributed by atoms with Crippen molar-refractivity contribution in [3.63, 3.8) is 0 Å². The predicted molar refractivity (Wildman–Crippen MR) is 67.6 cm³/mol. The maximum absolute atomic E-state index is 11.3. The van der Waals surface area contributed by atoms with Gasteiger partial charge in [-0.15, -0.1) is 0 Å². The average Bonchev–Trinajstić information content (AvgIpc) is 2.27. The first-order valence-electron chi connectivity index (χ1n) is 6.37. The largest absolute Gasteiger partial charge is 0.306 e. The first-order valence-corrected chi connectivity index (χ1v) is 6.37. The number of rotatable bonds is 6. The van der Waals surface area contributed by atoms with E-state index in [9.17, 15) is 4.79 Å². The fraction of sp³-hybridized carbons (Fsp3) is 0.846. The summed E-state index contributed by atoms with van der Waals surface area (Å²) in [7, 11) is 4.13. The molecule has 1 saturated heterocycles. The normalized spacial score (nSPS) is 21.4. The van der Waals surface area contributed by atoms with Crippen LogP contribution in [-0.2, 0) is 4.79 Å². The van der Waals surface area contributed by atoms with Gasteiger partial charge in [0.25, 0.3) is 0 Å². The predicted octanol–water partition coefficient (Wildman–Crippen LogP) is 1.13. The molecule has 0 aliphatic carbocycles. The van der Waals surface area contributed by atoms with E-state index in [-0.39, 0.29) is 12.2 Å². The van der Waals surface area contributed by atoms with Crippen molar-refractivity contribution in [1.29, 1.82) is 5.26 Å². The molecule has 0 aromatic carbocycles. The molecule has 4 nitrogen and oxygen atoms in total. The highest BCUT2D eigenvalue weighted by Crippen LogP contribution is 2.18. The molecule has 0 saturated carbocycles. The van der Waals surface area contributed by atoms with Crippen LogP contribution in [0.2, 0.25) is 0 Å². The van der Waals surface area contributed by atoms with Crippen molar-refractivity contribution in [2.75, 3.05) is 40.3 Å². The Morgan fingerprint density at radius 2 is 2.35 bits per heavy atom. The van der Waals surface area contributed by atoms with E-state index < -0.39 is 0 Å². The molecule has 0 aromatic rings. The van der Waals surface area contributed by atoms with E-state index in [1.807, 2.05) is 18.0 Å². The van der Waals surface area contributed by atoms with Gasteiger partial charge in [0.2, 0.25) is 0 Å². The summed E-state index contributed by atoms with van der Waals surface area (Å²) in [5.74, 6) is 0.790. The fourth-order valence-corrected chi connectivity index (χ4v) is 2.44. The number of likely N-dealkylation sites (N-methyl/N-ethyl adjacent to an activating group) is 1. The van der Waals surface area contributed by atoms with Gasteiger partial charge >= 0.3 is 0 Å². The molecule has 0 N–H and O–H groups in total. The average molecular weight is 237 g/mol. The summed E-state index contributed by atoms with van der Waals surface area (Å²) in [5, 5.41) is 8.42. The van der Waals surface area contributed by atoms with Crippen LogP contribution in [0.5, 0.6) is 0 Å². The van der Waals surface area contributed by atoms with Gasteiger partial charge in [0.15, 0.2) is 5.78 Å². The maximum atomic E-state index is 11.3. The number of nitrogens with zero attached hydrogens (tertiary/aromatic N) is 3. The molecule has 1 unspecified atom stereocenters. The molecule has 1 heterocycles. The van der Waals surface area contributed by atoms with Crippen molar-refractivity contribution >= 4 is 5.78 Å². The number of nitriles is 1. The number of ketones is 1. The summed E-state index contributed by atoms with van der Waals surface area (Å²) in [5.41, 5.74) is 0. The Kier molecular flexibility index (Phi) is 6.17. The quantitative estimate of drug-likeness (QED) is 0.695. The Labute approximate surface area is 104 Å². The van der Waals surface area contributed by atoms with E-state index in [1.165, 1.54) is 25.9 Å². The van der Waals surface area contributed by atoms with Crippen molar-refractivity contribution in [3.05, 3.63) is 0 Å². The lowest BCUT2D eigenvalue weighted by atomic mass is 9.95. The summed E-state index contributed by atoms with van der Waals surface area (Å²) in [4.78, 5) is 15.7. The number of hydrogen-bond donors (Lipinski definition) is 0. The Hall–Kier alpha value is -0.920. The second-order valence-electron chi connectivity index (χ2n) is 5.17. The maximum Gasteiger partial charge on any atom is 0.160 e. The third kappa shape index (κ3) is 5.81. The van der Waals surface area contributed by atoms with Gasteiger partial charge in [-0.2, -0.15) is 5.26 Å². The van der Waals surface area contributed by atoms with Gasteiger partial charge in [-0.05, 0) is 52.4 Å². The summed E-state index contributed by atoms with van der Waals surface area (Å²) in [6.45, 7) is 3.76. The minimum Gasteiger partial charge on any atom is -0.306 e. The van der Waals surface area contributed by atoms with Gasteiger partial charge in [0.1, 0.15) is 0 Å². The number of piperidine rings is 1. The second kappa shape index (κ2) is 7.41. The highest BCUT2D eigenvalue weighted by Gasteiger charge is 2.17. The minimum absolute atomic E-state index is 0.0239. The van der Waals surface area contributed by atoms with E-state index >= 15 is 0 Å². The zero-order valence-electron chi connectivity index (χ0n) is 11.0. The minimum atomic E-state index is 0.0239. The molecule has 4 heteroatoms. The van der Waals surface area contributed by atoms with Crippen molar-refractivity contribution in [2.24, 2.45) is 5.92 Å². The van der Waals surface area contributed by atoms with E-state index in [0.29, 0.717) is 6.54 Å². The van der Waals surface area contributed by atoms with Crippen LogP contribution in [0, 0.1) is 17.2 Å². The number of carbonyl (C=O) groups excluding carboxylic acids is 1. The molecule has 1 fully saturated rings. The van der Waals surface area contributed by atoms with Crippen LogP contribution < -0.4 is 0 Å². The van der Waals surface area contributed by atoms with Crippen LogP contribution in [0.25, 0.3) is 0 Å². The molecule has 17 heavy (non-hydrogen) atoms. The molecule has 1 rings (SSSR count). The molecular formula is C13H23N3O. The monoisotopic (exact) mass is 237 g/mol. The molecule has 1 atom stereocenters. The summed E-state index contributed by atoms with van der Waals surface area (Å²) in [6.07, 6.45) is 3.79. The number of Topliss-reactive ketones (excluding diaryl/α,β-unsaturated/α-hetero) is 1. The van der Waals surface area contributed by atoms with E-state index in [2.05, 4.69) is 11.9 Å². The lowest BCUT2D eigenvalue weighted by Gasteiger charge is -2.30. The standard InChI is InChI=1S/C13H23N3O/c1-15-8-3-4-12(10-15)6-9-16(2)11-13(17)5-7-14/h12H,3-6,8-11H2,1-2H3. The van der Waals surface area contributed by atoms with E-state index in [0.717, 1.165) is 18.9 Å². The Bertz CT molecular complexity index is 285. The van der Waals surface area contributed by atoms with Gasteiger partial charge in [0.05, 0.1) is 19.0 Å². The third-order valence-electron chi connectivity index (χ3n) is 3.36. The van der Waals surface area contributed by atoms with Gasteiger partial charge in [0, 0.05) is 6.54 Å². The number of hydrogen-bond acceptors (Lipinski definition) is 4. The van der Waals surface area contributed by atoms with Gasteiger partial charge < -0.3 is 4.90 Å². The molecule has 0 aromatic heterocycles. The van der Waals surface area contributed by atoms with Gasteiger partial charge in [-0.3, -0.25) is 9.69 Å². The summed E-state index contributed by atoms with van der Waals surface area (Å²) >= 11 is 0. The van der Waals surface area contributed by atoms with Crippen molar-refractivity contribution < 1.29 is 4.79 Å². The molecule has 0 amide bonds. The molecule has 1 aliphatic heterocycles. The van der Waals surface area contributed by atoms with Gasteiger partial charge in [-0.1, -0.05) is 0 Å². The first kappa shape index (κ1) is 14.1. The third-order valence-corrected chi connectivity index (χ3v) is 3.36. The molecule has 1 aliphatic rings. The summed E-state index contributed by atoms with van der Waals surface area (Å²) < 4.78 is 0. The van der Waals surface area contributed by atoms with E-state index in [1.54, 1.807) is 0 Å². The van der Waals surface area contributed by atoms with Gasteiger partial charge in [-0.25, -0.2) is 0 Å². The second-order valence-corrected chi connectivity index (χ2v) is 5.17. The van der Waals surface area contributed by atoms with Crippen molar-refractivity contribution in [1.82, 2.24) is 9.80 Å². The Morgan fingerprint density at radius 1 is 1.59 bits per heavy atom. The SMILES string of the molecule is CN(CCC1CCCN(C)C1)CC(=O)CC#N. The van der Waals surface area contributed by atoms with Crippen LogP contribution >= 0.6 is 0 Å². The lowest BCUT2D eigenvalue weighted by Crippen LogP contribution is -2.34. The zero-order valence-corrected chi connectivity index (χ0v) is 11.0. The topological polar surface area (TPSA) is 47.3 Å². The highest BCUT2D eigenvalue weighted by atomic mass is 16.1. The van der Waals surface area contributed by atoms with Crippen molar-refractivity contribution in [2.45, 2.75) is 25.7 Å². The number of carbonyl (C=O) groups is 1. The lowest BCUT2D eigenvalue weighted by molar-refractivity contribution is -0.119. The van der Waals surface area contributed by atoms with Crippen LogP contribution in [0.15, 0.2) is 0 Å². The fourth-order valence-electron chi connectivity index (χ4n) is 2.44. The summed E-state index contributed by atoms with van der Waals surface area (Å²) in [6, 6.07) is 1.90. The molecule has 0 radical (unpaired) electrons. The van der Waals surface area contributed by atoms with Crippen LogP contribution in [0.3, 0.4) is 0 Å². The zero-order chi connectivity index (χ0) is 12.7. The molecule has 0 bridgehead atoms. The first-order chi connectivity index (χ1) is 8.11. The molecule has 96 valence electrons. The molecule has 0 spiro atoms. The van der Waals surface area contributed by atoms with Crippen LogP contribution in [-0.4, -0.2) is 55.9 Å². The van der Waals surface area contributed by atoms with E-state index in [4.69, 9.17) is 5.26 Å². The Morgan fingerprint density at radius 3 is 3.00 bits per heavy atom. The Balaban J connectivity index is 2.17.